The first-order valence-electron chi connectivity index (χ1n) is 11.2. The van der Waals surface area contributed by atoms with Crippen molar-refractivity contribution in [2.24, 2.45) is 5.92 Å². The van der Waals surface area contributed by atoms with E-state index < -0.39 is 46.7 Å². The maximum atomic E-state index is 14.5. The van der Waals surface area contributed by atoms with Gasteiger partial charge in [-0.3, -0.25) is 14.4 Å². The zero-order valence-electron chi connectivity index (χ0n) is 19.2. The van der Waals surface area contributed by atoms with Crippen molar-refractivity contribution in [3.63, 3.8) is 0 Å². The van der Waals surface area contributed by atoms with Gasteiger partial charge in [-0.1, -0.05) is 11.6 Å². The van der Waals surface area contributed by atoms with Crippen LogP contribution in [0.1, 0.15) is 46.4 Å². The lowest BCUT2D eigenvalue weighted by molar-refractivity contribution is -0.274. The summed E-state index contributed by atoms with van der Waals surface area (Å²) in [4.78, 5) is 35.5. The van der Waals surface area contributed by atoms with Crippen molar-refractivity contribution >= 4 is 29.4 Å². The van der Waals surface area contributed by atoms with E-state index in [1.165, 1.54) is 12.1 Å². The molecule has 0 heterocycles. The Balaban J connectivity index is 1.44. The van der Waals surface area contributed by atoms with Gasteiger partial charge < -0.3 is 25.2 Å². The van der Waals surface area contributed by atoms with Crippen LogP contribution in [0.3, 0.4) is 0 Å². The summed E-state index contributed by atoms with van der Waals surface area (Å²) < 4.78 is 60.8. The van der Waals surface area contributed by atoms with Crippen LogP contribution < -0.4 is 20.1 Å². The molecule has 0 aliphatic heterocycles. The lowest BCUT2D eigenvalue weighted by Crippen LogP contribution is -2.35. The predicted octanol–water partition coefficient (Wildman–Crippen LogP) is 4.56. The van der Waals surface area contributed by atoms with Crippen molar-refractivity contribution in [3.05, 3.63) is 58.4 Å². The minimum absolute atomic E-state index is 0.0241. The first kappa shape index (κ1) is 28.0. The Morgan fingerprint density at radius 3 is 2.19 bits per heavy atom. The lowest BCUT2D eigenvalue weighted by atomic mass is 9.87. The minimum atomic E-state index is -4.93. The van der Waals surface area contributed by atoms with Gasteiger partial charge in [0.2, 0.25) is 0 Å². The fourth-order valence-corrected chi connectivity index (χ4v) is 3.99. The second-order valence-electron chi connectivity index (χ2n) is 8.28. The Kier molecular flexibility index (Phi) is 9.19. The molecule has 3 rings (SSSR count). The van der Waals surface area contributed by atoms with Gasteiger partial charge in [0.05, 0.1) is 22.6 Å². The number of carbonyl (C=O) groups is 3. The third-order valence-electron chi connectivity index (χ3n) is 5.63. The van der Waals surface area contributed by atoms with E-state index in [1.54, 1.807) is 0 Å². The molecule has 0 radical (unpaired) electrons. The summed E-state index contributed by atoms with van der Waals surface area (Å²) in [5.74, 6) is -3.85. The van der Waals surface area contributed by atoms with Gasteiger partial charge in [0, 0.05) is 24.7 Å². The number of amides is 2. The standard InChI is InChI=1S/C24H23ClF4N2O6/c25-18-11-14(3-8-20(18)37-24(27,28)29)21(32)30-9-10-31-22(33)17-7-6-16(12-19(17)26)36-15-4-1-13(2-5-15)23(34)35/h3,6-8,11-13,15H,1-2,4-5,9-10H2,(H,30,32)(H,31,33)(H,34,35)/t13-,15+. The summed E-state index contributed by atoms with van der Waals surface area (Å²) in [7, 11) is 0. The van der Waals surface area contributed by atoms with Gasteiger partial charge in [0.15, 0.2) is 0 Å². The molecule has 1 aliphatic rings. The van der Waals surface area contributed by atoms with Crippen molar-refractivity contribution < 1.29 is 46.5 Å². The summed E-state index contributed by atoms with van der Waals surface area (Å²) in [6.45, 7) is -0.108. The quantitative estimate of drug-likeness (QED) is 0.314. The molecular weight excluding hydrogens is 524 g/mol. The molecule has 0 atom stereocenters. The fraction of sp³-hybridized carbons (Fsp3) is 0.375. The fourth-order valence-electron chi connectivity index (χ4n) is 3.77. The van der Waals surface area contributed by atoms with E-state index in [-0.39, 0.29) is 36.1 Å². The summed E-state index contributed by atoms with van der Waals surface area (Å²) >= 11 is 5.72. The number of alkyl halides is 3. The number of hydrogen-bond acceptors (Lipinski definition) is 5. The second kappa shape index (κ2) is 12.1. The Morgan fingerprint density at radius 1 is 0.973 bits per heavy atom. The average molecular weight is 547 g/mol. The number of aliphatic carboxylic acids is 1. The summed E-state index contributed by atoms with van der Waals surface area (Å²) in [6.07, 6.45) is -3.15. The third kappa shape index (κ3) is 8.24. The van der Waals surface area contributed by atoms with Gasteiger partial charge in [-0.25, -0.2) is 4.39 Å². The maximum Gasteiger partial charge on any atom is 0.573 e. The molecule has 1 saturated carbocycles. The first-order valence-corrected chi connectivity index (χ1v) is 11.6. The van der Waals surface area contributed by atoms with E-state index in [4.69, 9.17) is 21.4 Å². The number of rotatable bonds is 9. The molecule has 1 aliphatic carbocycles. The van der Waals surface area contributed by atoms with Gasteiger partial charge in [0.1, 0.15) is 17.3 Å². The van der Waals surface area contributed by atoms with Crippen LogP contribution in [0, 0.1) is 11.7 Å². The van der Waals surface area contributed by atoms with Crippen LogP contribution >= 0.6 is 11.6 Å². The molecule has 0 bridgehead atoms. The predicted molar refractivity (Wildman–Crippen MR) is 123 cm³/mol. The van der Waals surface area contributed by atoms with Gasteiger partial charge >= 0.3 is 12.3 Å². The Bertz CT molecular complexity index is 1150. The van der Waals surface area contributed by atoms with Crippen molar-refractivity contribution in [2.45, 2.75) is 38.1 Å². The van der Waals surface area contributed by atoms with E-state index >= 15 is 0 Å². The third-order valence-corrected chi connectivity index (χ3v) is 5.92. The topological polar surface area (TPSA) is 114 Å². The van der Waals surface area contributed by atoms with Gasteiger partial charge in [-0.2, -0.15) is 0 Å². The van der Waals surface area contributed by atoms with E-state index in [0.29, 0.717) is 25.7 Å². The molecule has 37 heavy (non-hydrogen) atoms. The molecule has 2 amide bonds. The first-order chi connectivity index (χ1) is 17.4. The molecule has 3 N–H and O–H groups in total. The van der Waals surface area contributed by atoms with Gasteiger partial charge in [-0.15, -0.1) is 13.2 Å². The highest BCUT2D eigenvalue weighted by Crippen LogP contribution is 2.31. The Morgan fingerprint density at radius 2 is 1.62 bits per heavy atom. The van der Waals surface area contributed by atoms with Crippen LogP contribution in [-0.2, 0) is 4.79 Å². The number of ether oxygens (including phenoxy) is 2. The number of nitrogens with one attached hydrogen (secondary N) is 2. The average Bonchev–Trinajstić information content (AvgIpc) is 2.82. The smallest absolute Gasteiger partial charge is 0.490 e. The zero-order chi connectivity index (χ0) is 27.2. The normalized spacial score (nSPS) is 17.5. The number of benzene rings is 2. The summed E-state index contributed by atoms with van der Waals surface area (Å²) in [5.41, 5.74) is -0.260. The van der Waals surface area contributed by atoms with E-state index in [0.717, 1.165) is 24.3 Å². The molecule has 2 aromatic carbocycles. The second-order valence-corrected chi connectivity index (χ2v) is 8.68. The van der Waals surface area contributed by atoms with Crippen molar-refractivity contribution in [2.75, 3.05) is 13.1 Å². The molecule has 0 aromatic heterocycles. The summed E-state index contributed by atoms with van der Waals surface area (Å²) in [6, 6.07) is 6.79. The molecule has 0 saturated heterocycles. The molecule has 0 unspecified atom stereocenters. The monoisotopic (exact) mass is 546 g/mol. The highest BCUT2D eigenvalue weighted by molar-refractivity contribution is 6.32. The summed E-state index contributed by atoms with van der Waals surface area (Å²) in [5, 5.41) is 13.5. The lowest BCUT2D eigenvalue weighted by Gasteiger charge is -2.26. The van der Waals surface area contributed by atoms with Crippen LogP contribution in [0.15, 0.2) is 36.4 Å². The molecule has 13 heteroatoms. The van der Waals surface area contributed by atoms with Gasteiger partial charge in [0.25, 0.3) is 11.8 Å². The van der Waals surface area contributed by atoms with Crippen LogP contribution in [0.2, 0.25) is 5.02 Å². The Hall–Kier alpha value is -3.54. The van der Waals surface area contributed by atoms with Crippen molar-refractivity contribution in [3.8, 4) is 11.5 Å². The van der Waals surface area contributed by atoms with E-state index in [2.05, 4.69) is 15.4 Å². The highest BCUT2D eigenvalue weighted by Gasteiger charge is 2.32. The Labute approximate surface area is 213 Å². The van der Waals surface area contributed by atoms with Crippen molar-refractivity contribution in [1.29, 1.82) is 0 Å². The zero-order valence-corrected chi connectivity index (χ0v) is 20.0. The maximum absolute atomic E-state index is 14.5. The minimum Gasteiger partial charge on any atom is -0.490 e. The number of carbonyl (C=O) groups excluding carboxylic acids is 2. The van der Waals surface area contributed by atoms with Crippen LogP contribution in [0.4, 0.5) is 17.6 Å². The number of halogens is 5. The van der Waals surface area contributed by atoms with E-state index in [9.17, 15) is 31.9 Å². The van der Waals surface area contributed by atoms with Crippen molar-refractivity contribution in [1.82, 2.24) is 10.6 Å². The largest absolute Gasteiger partial charge is 0.573 e. The highest BCUT2D eigenvalue weighted by atomic mass is 35.5. The molecule has 8 nitrogen and oxygen atoms in total. The molecule has 2 aromatic rings. The van der Waals surface area contributed by atoms with Crippen LogP contribution in [-0.4, -0.2) is 48.4 Å². The number of hydrogen-bond donors (Lipinski definition) is 3. The van der Waals surface area contributed by atoms with Crippen LogP contribution in [0.5, 0.6) is 11.5 Å². The molecule has 1 fully saturated rings. The molecule has 0 spiro atoms. The van der Waals surface area contributed by atoms with Gasteiger partial charge in [-0.05, 0) is 56.0 Å². The number of carboxylic acid groups (broad SMARTS) is 1. The van der Waals surface area contributed by atoms with Crippen LogP contribution in [0.25, 0.3) is 0 Å². The number of carboxylic acids is 1. The molecular formula is C24H23ClF4N2O6. The molecule has 200 valence electrons. The SMILES string of the molecule is O=C(NCCNC(=O)c1ccc(O[C@H]2CC[C@@H](C(=O)O)CC2)cc1F)c1ccc(OC(F)(F)F)c(Cl)c1. The van der Waals surface area contributed by atoms with E-state index in [1.807, 2.05) is 0 Å².